The smallest absolute Gasteiger partial charge is 0.159 e. The maximum absolute atomic E-state index is 13.2. The molecule has 0 amide bonds. The third-order valence-corrected chi connectivity index (χ3v) is 3.53. The third kappa shape index (κ3) is 2.49. The highest BCUT2D eigenvalue weighted by Gasteiger charge is 2.16. The van der Waals surface area contributed by atoms with Crippen LogP contribution < -0.4 is 0 Å². The molecule has 1 aromatic carbocycles. The zero-order chi connectivity index (χ0) is 13.3. The summed E-state index contributed by atoms with van der Waals surface area (Å²) in [4.78, 5) is 0. The van der Waals surface area contributed by atoms with Crippen LogP contribution in [0.2, 0.25) is 10.3 Å². The maximum atomic E-state index is 13.2. The highest BCUT2D eigenvalue weighted by molar-refractivity contribution is 9.10. The van der Waals surface area contributed by atoms with E-state index in [1.54, 1.807) is 0 Å². The molecule has 0 unspecified atom stereocenters. The predicted molar refractivity (Wildman–Crippen MR) is 71.1 cm³/mol. The minimum atomic E-state index is -0.395. The van der Waals surface area contributed by atoms with Gasteiger partial charge in [0.1, 0.15) is 5.82 Å². The Bertz CT molecular complexity index is 610. The first-order valence-corrected chi connectivity index (χ1v) is 6.36. The van der Waals surface area contributed by atoms with Crippen LogP contribution in [0.25, 0.3) is 11.1 Å². The van der Waals surface area contributed by atoms with E-state index < -0.39 is 5.82 Å². The number of aliphatic hydroxyl groups is 1. The molecule has 0 bridgehead atoms. The zero-order valence-electron chi connectivity index (χ0n) is 8.79. The fourth-order valence-electron chi connectivity index (χ4n) is 1.52. The van der Waals surface area contributed by atoms with Gasteiger partial charge in [-0.05, 0) is 33.6 Å². The van der Waals surface area contributed by atoms with E-state index in [2.05, 4.69) is 26.1 Å². The van der Waals surface area contributed by atoms with Gasteiger partial charge >= 0.3 is 0 Å². The Morgan fingerprint density at radius 1 is 1.22 bits per heavy atom. The molecule has 2 rings (SSSR count). The van der Waals surface area contributed by atoms with Crippen LogP contribution in [-0.4, -0.2) is 15.3 Å². The summed E-state index contributed by atoms with van der Waals surface area (Å²) >= 11 is 14.9. The molecule has 0 atom stereocenters. The first kappa shape index (κ1) is 13.7. The van der Waals surface area contributed by atoms with Crippen molar-refractivity contribution in [2.75, 3.05) is 0 Å². The summed E-state index contributed by atoms with van der Waals surface area (Å²) in [5, 5.41) is 16.8. The van der Waals surface area contributed by atoms with Gasteiger partial charge in [0.15, 0.2) is 10.3 Å². The fourth-order valence-corrected chi connectivity index (χ4v) is 2.35. The maximum Gasteiger partial charge on any atom is 0.159 e. The number of aromatic nitrogens is 2. The molecule has 1 aromatic heterocycles. The number of rotatable bonds is 2. The number of nitrogens with zero attached hydrogens (tertiary/aromatic N) is 2. The van der Waals surface area contributed by atoms with Crippen molar-refractivity contribution < 1.29 is 9.50 Å². The highest BCUT2D eigenvalue weighted by atomic mass is 79.9. The van der Waals surface area contributed by atoms with Crippen molar-refractivity contribution in [2.45, 2.75) is 6.61 Å². The van der Waals surface area contributed by atoms with E-state index in [9.17, 15) is 9.50 Å². The van der Waals surface area contributed by atoms with Crippen LogP contribution in [0.3, 0.4) is 0 Å². The number of halogens is 4. The molecule has 1 N–H and O–H groups in total. The van der Waals surface area contributed by atoms with Crippen LogP contribution in [0.15, 0.2) is 22.7 Å². The lowest BCUT2D eigenvalue weighted by atomic mass is 10.0. The molecule has 0 saturated heterocycles. The lowest BCUT2D eigenvalue weighted by Gasteiger charge is -2.10. The number of aliphatic hydroxyl groups excluding tert-OH is 1. The number of benzene rings is 1. The molecule has 0 aliphatic heterocycles. The van der Waals surface area contributed by atoms with Gasteiger partial charge in [0.25, 0.3) is 0 Å². The molecule has 0 aliphatic rings. The van der Waals surface area contributed by atoms with Gasteiger partial charge in [-0.25, -0.2) is 4.39 Å². The minimum Gasteiger partial charge on any atom is -0.392 e. The van der Waals surface area contributed by atoms with Crippen LogP contribution in [-0.2, 0) is 6.61 Å². The van der Waals surface area contributed by atoms with Gasteiger partial charge in [0.2, 0.25) is 0 Å². The molecule has 0 saturated carbocycles. The summed E-state index contributed by atoms with van der Waals surface area (Å²) in [5.74, 6) is -0.395. The normalized spacial score (nSPS) is 10.7. The third-order valence-electron chi connectivity index (χ3n) is 2.35. The molecule has 18 heavy (non-hydrogen) atoms. The largest absolute Gasteiger partial charge is 0.392 e. The van der Waals surface area contributed by atoms with Crippen LogP contribution >= 0.6 is 39.1 Å². The Labute approximate surface area is 121 Å². The molecular formula is C11H6BrCl2FN2O. The van der Waals surface area contributed by atoms with Gasteiger partial charge in [-0.1, -0.05) is 29.3 Å². The molecule has 0 spiro atoms. The number of hydrogen-bond acceptors (Lipinski definition) is 3. The molecule has 3 nitrogen and oxygen atoms in total. The van der Waals surface area contributed by atoms with E-state index in [0.717, 1.165) is 0 Å². The van der Waals surface area contributed by atoms with E-state index in [4.69, 9.17) is 23.2 Å². The van der Waals surface area contributed by atoms with E-state index in [0.29, 0.717) is 16.7 Å². The predicted octanol–water partition coefficient (Wildman–Crippen LogP) is 3.84. The average molecular weight is 352 g/mol. The van der Waals surface area contributed by atoms with Gasteiger partial charge in [-0.3, -0.25) is 0 Å². The van der Waals surface area contributed by atoms with Crippen molar-refractivity contribution in [3.05, 3.63) is 44.4 Å². The van der Waals surface area contributed by atoms with Gasteiger partial charge in [-0.2, -0.15) is 0 Å². The fraction of sp³-hybridized carbons (Fsp3) is 0.0909. The lowest BCUT2D eigenvalue weighted by molar-refractivity contribution is 0.282. The van der Waals surface area contributed by atoms with E-state index in [1.807, 2.05) is 0 Å². The Kier molecular flexibility index (Phi) is 4.17. The quantitative estimate of drug-likeness (QED) is 0.893. The molecule has 1 heterocycles. The average Bonchev–Trinajstić information content (AvgIpc) is 2.35. The Balaban J connectivity index is 2.69. The molecular weight excluding hydrogens is 346 g/mol. The van der Waals surface area contributed by atoms with E-state index in [1.165, 1.54) is 18.2 Å². The van der Waals surface area contributed by atoms with Crippen LogP contribution in [0.5, 0.6) is 0 Å². The van der Waals surface area contributed by atoms with Crippen molar-refractivity contribution in [1.29, 1.82) is 0 Å². The van der Waals surface area contributed by atoms with Crippen molar-refractivity contribution >= 4 is 39.1 Å². The first-order chi connectivity index (χ1) is 8.54. The molecule has 7 heteroatoms. The molecule has 94 valence electrons. The van der Waals surface area contributed by atoms with Gasteiger partial charge < -0.3 is 5.11 Å². The van der Waals surface area contributed by atoms with E-state index in [-0.39, 0.29) is 21.4 Å². The van der Waals surface area contributed by atoms with Crippen molar-refractivity contribution in [3.63, 3.8) is 0 Å². The highest BCUT2D eigenvalue weighted by Crippen LogP contribution is 2.34. The summed E-state index contributed by atoms with van der Waals surface area (Å²) in [6.07, 6.45) is 0. The summed E-state index contributed by atoms with van der Waals surface area (Å²) in [7, 11) is 0. The standard InChI is InChI=1S/C11H6BrCl2FN2O/c12-7-3-5(1-2-8(7)15)9-6(4-18)10(13)16-17-11(9)14/h1-3,18H,4H2. The first-order valence-electron chi connectivity index (χ1n) is 4.81. The van der Waals surface area contributed by atoms with Crippen molar-refractivity contribution in [3.8, 4) is 11.1 Å². The zero-order valence-corrected chi connectivity index (χ0v) is 11.9. The summed E-state index contributed by atoms with van der Waals surface area (Å²) in [6.45, 7) is -0.335. The monoisotopic (exact) mass is 350 g/mol. The Hall–Kier alpha value is -0.750. The van der Waals surface area contributed by atoms with Gasteiger partial charge in [0, 0.05) is 11.1 Å². The molecule has 0 radical (unpaired) electrons. The van der Waals surface area contributed by atoms with Crippen LogP contribution in [0, 0.1) is 5.82 Å². The topological polar surface area (TPSA) is 46.0 Å². The molecule has 0 fully saturated rings. The minimum absolute atomic E-state index is 0.0670. The second-order valence-electron chi connectivity index (χ2n) is 3.42. The second-order valence-corrected chi connectivity index (χ2v) is 4.99. The Morgan fingerprint density at radius 3 is 2.50 bits per heavy atom. The van der Waals surface area contributed by atoms with Crippen molar-refractivity contribution in [1.82, 2.24) is 10.2 Å². The summed E-state index contributed by atoms with van der Waals surface area (Å²) < 4.78 is 13.5. The summed E-state index contributed by atoms with van der Waals surface area (Å²) in [6, 6.07) is 4.34. The lowest BCUT2D eigenvalue weighted by Crippen LogP contribution is -1.98. The van der Waals surface area contributed by atoms with Gasteiger partial charge in [-0.15, -0.1) is 10.2 Å². The van der Waals surface area contributed by atoms with Crippen LogP contribution in [0.1, 0.15) is 5.56 Å². The number of hydrogen-bond donors (Lipinski definition) is 1. The molecule has 0 aliphatic carbocycles. The van der Waals surface area contributed by atoms with Crippen LogP contribution in [0.4, 0.5) is 4.39 Å². The Morgan fingerprint density at radius 2 is 1.89 bits per heavy atom. The molecule has 2 aromatic rings. The van der Waals surface area contributed by atoms with E-state index >= 15 is 0 Å². The van der Waals surface area contributed by atoms with Gasteiger partial charge in [0.05, 0.1) is 11.1 Å². The van der Waals surface area contributed by atoms with Crippen molar-refractivity contribution in [2.24, 2.45) is 0 Å². The summed E-state index contributed by atoms with van der Waals surface area (Å²) in [5.41, 5.74) is 1.39. The second kappa shape index (κ2) is 5.48. The SMILES string of the molecule is OCc1c(Cl)nnc(Cl)c1-c1ccc(F)c(Br)c1.